The second-order valence-electron chi connectivity index (χ2n) is 1.51. The summed E-state index contributed by atoms with van der Waals surface area (Å²) in [6, 6.07) is 0. The summed E-state index contributed by atoms with van der Waals surface area (Å²) in [5.74, 6) is 0.0278. The molecule has 0 bridgehead atoms. The molecule has 0 aromatic carbocycles. The Bertz CT molecular complexity index is 129. The normalized spacial score (nSPS) is 11.2. The van der Waals surface area contributed by atoms with Crippen LogP contribution in [0, 0.1) is 5.41 Å². The van der Waals surface area contributed by atoms with Gasteiger partial charge in [-0.2, -0.15) is 0 Å². The second kappa shape index (κ2) is 4.09. The maximum atomic E-state index is 8.54. The highest BCUT2D eigenvalue weighted by Gasteiger charge is 1.99. The topological polar surface area (TPSA) is 53.3 Å². The second-order valence-corrected chi connectivity index (χ2v) is 1.51. The number of ether oxygens (including phenoxy) is 1. The van der Waals surface area contributed by atoms with Crippen molar-refractivity contribution in [2.45, 2.75) is 6.92 Å². The van der Waals surface area contributed by atoms with E-state index in [1.807, 2.05) is 0 Å². The lowest BCUT2D eigenvalue weighted by atomic mass is 10.3. The molecule has 0 saturated heterocycles. The Balaban J connectivity index is 3.97. The summed E-state index contributed by atoms with van der Waals surface area (Å²) >= 11 is 0. The Kier molecular flexibility index (Phi) is 3.71. The first-order chi connectivity index (χ1) is 4.26. The van der Waals surface area contributed by atoms with Crippen LogP contribution in [0.3, 0.4) is 0 Å². The third-order valence-electron chi connectivity index (χ3n) is 1.01. The van der Waals surface area contributed by atoms with E-state index in [0.29, 0.717) is 5.57 Å². The van der Waals surface area contributed by atoms with Gasteiger partial charge >= 0.3 is 0 Å². The van der Waals surface area contributed by atoms with Crippen LogP contribution < -0.4 is 0 Å². The van der Waals surface area contributed by atoms with Crippen molar-refractivity contribution >= 4 is 5.90 Å². The maximum absolute atomic E-state index is 8.54. The minimum absolute atomic E-state index is 0.0278. The van der Waals surface area contributed by atoms with Crippen LogP contribution in [0.25, 0.3) is 0 Å². The molecule has 3 heteroatoms. The zero-order valence-electron chi connectivity index (χ0n) is 5.64. The average Bonchev–Trinajstić information content (AvgIpc) is 1.90. The summed E-state index contributed by atoms with van der Waals surface area (Å²) in [5, 5.41) is 15.6. The van der Waals surface area contributed by atoms with Crippen LogP contribution in [0.1, 0.15) is 6.92 Å². The van der Waals surface area contributed by atoms with Crippen LogP contribution in [0.2, 0.25) is 0 Å². The SMILES string of the molecule is CC=C(CO)C(=N)OC. The van der Waals surface area contributed by atoms with Crippen molar-refractivity contribution in [2.24, 2.45) is 0 Å². The number of aliphatic hydroxyl groups is 1. The number of allylic oxidation sites excluding steroid dienone is 1. The van der Waals surface area contributed by atoms with Crippen LogP contribution >= 0.6 is 0 Å². The average molecular weight is 129 g/mol. The van der Waals surface area contributed by atoms with Crippen molar-refractivity contribution in [1.29, 1.82) is 5.41 Å². The molecule has 0 atom stereocenters. The Labute approximate surface area is 54.5 Å². The standard InChI is InChI=1S/C6H11NO2/c1-3-5(4-8)6(7)9-2/h3,7-8H,4H2,1-2H3. The molecule has 9 heavy (non-hydrogen) atoms. The van der Waals surface area contributed by atoms with Crippen LogP contribution in [0.5, 0.6) is 0 Å². The van der Waals surface area contributed by atoms with Crippen molar-refractivity contribution in [1.82, 2.24) is 0 Å². The van der Waals surface area contributed by atoms with Gasteiger partial charge in [0.05, 0.1) is 13.7 Å². The van der Waals surface area contributed by atoms with E-state index in [0.717, 1.165) is 0 Å². The Morgan fingerprint density at radius 2 is 2.33 bits per heavy atom. The summed E-state index contributed by atoms with van der Waals surface area (Å²) < 4.78 is 4.55. The van der Waals surface area contributed by atoms with Gasteiger partial charge in [-0.05, 0) is 6.92 Å². The first-order valence-electron chi connectivity index (χ1n) is 2.65. The fraction of sp³-hybridized carbons (Fsp3) is 0.500. The van der Waals surface area contributed by atoms with Gasteiger partial charge in [-0.1, -0.05) is 6.08 Å². The molecule has 0 aromatic heterocycles. The molecule has 0 heterocycles. The van der Waals surface area contributed by atoms with Gasteiger partial charge in [0, 0.05) is 5.57 Å². The monoisotopic (exact) mass is 129 g/mol. The van der Waals surface area contributed by atoms with E-state index in [-0.39, 0.29) is 12.5 Å². The van der Waals surface area contributed by atoms with Gasteiger partial charge in [-0.3, -0.25) is 5.41 Å². The molecule has 0 spiro atoms. The van der Waals surface area contributed by atoms with Crippen LogP contribution in [0.4, 0.5) is 0 Å². The fourth-order valence-corrected chi connectivity index (χ4v) is 0.425. The van der Waals surface area contributed by atoms with Gasteiger partial charge in [0.25, 0.3) is 0 Å². The first kappa shape index (κ1) is 8.17. The largest absolute Gasteiger partial charge is 0.481 e. The van der Waals surface area contributed by atoms with Gasteiger partial charge in [-0.15, -0.1) is 0 Å². The Hall–Kier alpha value is -0.830. The highest BCUT2D eigenvalue weighted by Crippen LogP contribution is 1.94. The van der Waals surface area contributed by atoms with E-state index in [1.165, 1.54) is 7.11 Å². The molecule has 0 aliphatic rings. The summed E-state index contributed by atoms with van der Waals surface area (Å²) in [6.07, 6.45) is 1.64. The van der Waals surface area contributed by atoms with E-state index in [4.69, 9.17) is 10.5 Å². The third-order valence-corrected chi connectivity index (χ3v) is 1.01. The molecule has 0 saturated carbocycles. The highest BCUT2D eigenvalue weighted by molar-refractivity contribution is 5.90. The minimum atomic E-state index is -0.136. The van der Waals surface area contributed by atoms with E-state index >= 15 is 0 Å². The summed E-state index contributed by atoms with van der Waals surface area (Å²) in [6.45, 7) is 1.61. The van der Waals surface area contributed by atoms with E-state index in [2.05, 4.69) is 4.74 Å². The van der Waals surface area contributed by atoms with Crippen LogP contribution in [-0.4, -0.2) is 24.7 Å². The predicted octanol–water partition coefficient (Wildman–Crippen LogP) is 0.549. The highest BCUT2D eigenvalue weighted by atomic mass is 16.5. The van der Waals surface area contributed by atoms with Crippen molar-refractivity contribution < 1.29 is 9.84 Å². The molecular weight excluding hydrogens is 118 g/mol. The quantitative estimate of drug-likeness (QED) is 0.422. The molecule has 52 valence electrons. The number of nitrogens with one attached hydrogen (secondary N) is 1. The van der Waals surface area contributed by atoms with Gasteiger partial charge in [-0.25, -0.2) is 0 Å². The third kappa shape index (κ3) is 2.28. The fourth-order valence-electron chi connectivity index (χ4n) is 0.425. The van der Waals surface area contributed by atoms with E-state index in [1.54, 1.807) is 13.0 Å². The molecule has 0 aliphatic carbocycles. The number of aliphatic hydroxyl groups excluding tert-OH is 1. The Morgan fingerprint density at radius 1 is 1.78 bits per heavy atom. The zero-order chi connectivity index (χ0) is 7.28. The summed E-state index contributed by atoms with van der Waals surface area (Å²) in [5.41, 5.74) is 0.512. The number of hydrogen-bond acceptors (Lipinski definition) is 3. The summed E-state index contributed by atoms with van der Waals surface area (Å²) in [7, 11) is 1.40. The minimum Gasteiger partial charge on any atom is -0.481 e. The van der Waals surface area contributed by atoms with Crippen LogP contribution in [-0.2, 0) is 4.74 Å². The smallest absolute Gasteiger partial charge is 0.210 e. The maximum Gasteiger partial charge on any atom is 0.210 e. The first-order valence-corrected chi connectivity index (χ1v) is 2.65. The molecule has 0 unspecified atom stereocenters. The molecule has 0 fully saturated rings. The van der Waals surface area contributed by atoms with Crippen molar-refractivity contribution in [3.63, 3.8) is 0 Å². The van der Waals surface area contributed by atoms with Gasteiger partial charge < -0.3 is 9.84 Å². The molecule has 0 aliphatic heterocycles. The van der Waals surface area contributed by atoms with Crippen molar-refractivity contribution in [2.75, 3.05) is 13.7 Å². The zero-order valence-corrected chi connectivity index (χ0v) is 5.64. The van der Waals surface area contributed by atoms with Gasteiger partial charge in [0.2, 0.25) is 5.90 Å². The lowest BCUT2D eigenvalue weighted by Crippen LogP contribution is -2.06. The summed E-state index contributed by atoms with van der Waals surface area (Å²) in [4.78, 5) is 0. The molecule has 0 radical (unpaired) electrons. The number of hydrogen-bond donors (Lipinski definition) is 2. The number of rotatable bonds is 2. The number of methoxy groups -OCH3 is 1. The van der Waals surface area contributed by atoms with E-state index in [9.17, 15) is 0 Å². The molecular formula is C6H11NO2. The van der Waals surface area contributed by atoms with Crippen molar-refractivity contribution in [3.05, 3.63) is 11.6 Å². The molecule has 0 rings (SSSR count). The lowest BCUT2D eigenvalue weighted by Gasteiger charge is -2.01. The van der Waals surface area contributed by atoms with Gasteiger partial charge in [0.1, 0.15) is 0 Å². The molecule has 3 nitrogen and oxygen atoms in total. The Morgan fingerprint density at radius 3 is 2.44 bits per heavy atom. The van der Waals surface area contributed by atoms with Gasteiger partial charge in [0.15, 0.2) is 0 Å². The van der Waals surface area contributed by atoms with Crippen LogP contribution in [0.15, 0.2) is 11.6 Å². The molecule has 2 N–H and O–H groups in total. The lowest BCUT2D eigenvalue weighted by molar-refractivity contribution is 0.324. The molecule has 0 aromatic rings. The molecule has 0 amide bonds. The predicted molar refractivity (Wildman–Crippen MR) is 35.6 cm³/mol. The van der Waals surface area contributed by atoms with Crippen molar-refractivity contribution in [3.8, 4) is 0 Å². The van der Waals surface area contributed by atoms with E-state index < -0.39 is 0 Å².